The summed E-state index contributed by atoms with van der Waals surface area (Å²) < 4.78 is 32.7. The Bertz CT molecular complexity index is 892. The predicted molar refractivity (Wildman–Crippen MR) is 96.6 cm³/mol. The third-order valence-corrected chi connectivity index (χ3v) is 5.60. The largest absolute Gasteiger partial charge is 0.497 e. The maximum absolute atomic E-state index is 12.5. The van der Waals surface area contributed by atoms with E-state index in [1.807, 2.05) is 0 Å². The molecule has 0 aromatic heterocycles. The van der Waals surface area contributed by atoms with Crippen LogP contribution in [-0.2, 0) is 21.2 Å². The first-order valence-corrected chi connectivity index (χ1v) is 9.47. The second kappa shape index (κ2) is 6.76. The summed E-state index contributed by atoms with van der Waals surface area (Å²) >= 11 is 0. The number of aryl methyl sites for hydroxylation is 1. The summed E-state index contributed by atoms with van der Waals surface area (Å²) in [5.41, 5.74) is 2.31. The van der Waals surface area contributed by atoms with E-state index in [-0.39, 0.29) is 10.8 Å². The molecule has 0 radical (unpaired) electrons. The van der Waals surface area contributed by atoms with Crippen LogP contribution in [0.4, 0.5) is 11.4 Å². The summed E-state index contributed by atoms with van der Waals surface area (Å²) in [5, 5.41) is 0. The highest BCUT2D eigenvalue weighted by atomic mass is 32.2. The van der Waals surface area contributed by atoms with Crippen LogP contribution < -0.4 is 14.4 Å². The molecular weight excluding hydrogens is 340 g/mol. The number of nitrogens with zero attached hydrogens (tertiary/aromatic N) is 1. The van der Waals surface area contributed by atoms with Crippen LogP contribution in [0, 0.1) is 0 Å². The number of ether oxygens (including phenoxy) is 1. The van der Waals surface area contributed by atoms with Crippen LogP contribution in [0.2, 0.25) is 0 Å². The molecule has 0 bridgehead atoms. The van der Waals surface area contributed by atoms with Gasteiger partial charge in [0.25, 0.3) is 10.0 Å². The van der Waals surface area contributed by atoms with Crippen LogP contribution in [0.1, 0.15) is 18.9 Å². The van der Waals surface area contributed by atoms with Crippen LogP contribution in [0.15, 0.2) is 47.4 Å². The number of anilines is 2. The highest BCUT2D eigenvalue weighted by molar-refractivity contribution is 7.92. The minimum absolute atomic E-state index is 0.00693. The van der Waals surface area contributed by atoms with Crippen molar-refractivity contribution in [3.05, 3.63) is 48.0 Å². The first-order valence-electron chi connectivity index (χ1n) is 7.98. The van der Waals surface area contributed by atoms with Gasteiger partial charge in [-0.15, -0.1) is 0 Å². The zero-order chi connectivity index (χ0) is 18.0. The molecule has 2 aromatic rings. The van der Waals surface area contributed by atoms with E-state index in [9.17, 15) is 13.2 Å². The summed E-state index contributed by atoms with van der Waals surface area (Å²) in [6.07, 6.45) is 1.68. The Balaban J connectivity index is 1.86. The maximum Gasteiger partial charge on any atom is 0.261 e. The number of hydrogen-bond donors (Lipinski definition) is 1. The lowest BCUT2D eigenvalue weighted by atomic mass is 10.0. The molecule has 7 heteroatoms. The van der Waals surface area contributed by atoms with Gasteiger partial charge in [0, 0.05) is 24.8 Å². The molecule has 1 heterocycles. The zero-order valence-corrected chi connectivity index (χ0v) is 15.0. The molecule has 132 valence electrons. The van der Waals surface area contributed by atoms with Gasteiger partial charge < -0.3 is 9.64 Å². The van der Waals surface area contributed by atoms with Gasteiger partial charge >= 0.3 is 0 Å². The number of carbonyl (C=O) groups excluding carboxylic acids is 1. The lowest BCUT2D eigenvalue weighted by molar-refractivity contribution is -0.116. The summed E-state index contributed by atoms with van der Waals surface area (Å²) in [6.45, 7) is 2.23. The Kier molecular flexibility index (Phi) is 4.67. The number of fused-ring (bicyclic) bond motifs is 1. The predicted octanol–water partition coefficient (Wildman–Crippen LogP) is 2.80. The quantitative estimate of drug-likeness (QED) is 0.910. The number of amides is 1. The van der Waals surface area contributed by atoms with E-state index in [4.69, 9.17) is 4.74 Å². The summed E-state index contributed by atoms with van der Waals surface area (Å²) in [7, 11) is -2.15. The monoisotopic (exact) mass is 360 g/mol. The van der Waals surface area contributed by atoms with Crippen LogP contribution in [0.25, 0.3) is 0 Å². The van der Waals surface area contributed by atoms with E-state index in [0.29, 0.717) is 18.0 Å². The second-order valence-electron chi connectivity index (χ2n) is 5.90. The van der Waals surface area contributed by atoms with E-state index >= 15 is 0 Å². The van der Waals surface area contributed by atoms with Gasteiger partial charge in [0.1, 0.15) is 5.75 Å². The first-order chi connectivity index (χ1) is 11.9. The Hall–Kier alpha value is -2.54. The molecule has 0 aliphatic carbocycles. The molecule has 1 aliphatic rings. The van der Waals surface area contributed by atoms with E-state index in [1.165, 1.54) is 26.2 Å². The van der Waals surface area contributed by atoms with Crippen molar-refractivity contribution in [2.75, 3.05) is 23.3 Å². The zero-order valence-electron chi connectivity index (χ0n) is 14.2. The molecule has 0 saturated heterocycles. The minimum atomic E-state index is -3.68. The van der Waals surface area contributed by atoms with Crippen molar-refractivity contribution in [3.8, 4) is 5.75 Å². The molecule has 1 amide bonds. The molecule has 1 aliphatic heterocycles. The van der Waals surface area contributed by atoms with Crippen molar-refractivity contribution in [1.29, 1.82) is 0 Å². The Morgan fingerprint density at radius 3 is 2.52 bits per heavy atom. The van der Waals surface area contributed by atoms with Gasteiger partial charge in [-0.25, -0.2) is 8.42 Å². The van der Waals surface area contributed by atoms with Crippen molar-refractivity contribution in [1.82, 2.24) is 0 Å². The van der Waals surface area contributed by atoms with Gasteiger partial charge in [-0.1, -0.05) is 0 Å². The Morgan fingerprint density at radius 2 is 1.88 bits per heavy atom. The van der Waals surface area contributed by atoms with Gasteiger partial charge in [0.2, 0.25) is 5.91 Å². The topological polar surface area (TPSA) is 75.7 Å². The standard InChI is InChI=1S/C18H20N2O4S/c1-13(21)20-11-3-4-14-12-15(5-10-18(14)20)19-25(22,23)17-8-6-16(24-2)7-9-17/h5-10,12,19H,3-4,11H2,1-2H3. The third kappa shape index (κ3) is 3.61. The van der Waals surface area contributed by atoms with Gasteiger partial charge in [-0.3, -0.25) is 9.52 Å². The molecule has 6 nitrogen and oxygen atoms in total. The molecule has 0 fully saturated rings. The lowest BCUT2D eigenvalue weighted by Gasteiger charge is -2.29. The number of methoxy groups -OCH3 is 1. The fraction of sp³-hybridized carbons (Fsp3) is 0.278. The number of rotatable bonds is 4. The molecule has 0 saturated carbocycles. The van der Waals surface area contributed by atoms with Gasteiger partial charge in [-0.2, -0.15) is 0 Å². The highest BCUT2D eigenvalue weighted by Gasteiger charge is 2.21. The molecule has 0 unspecified atom stereocenters. The smallest absolute Gasteiger partial charge is 0.261 e. The molecule has 0 atom stereocenters. The number of carbonyl (C=O) groups is 1. The fourth-order valence-electron chi connectivity index (χ4n) is 2.96. The van der Waals surface area contributed by atoms with Crippen molar-refractivity contribution in [2.45, 2.75) is 24.7 Å². The highest BCUT2D eigenvalue weighted by Crippen LogP contribution is 2.30. The van der Waals surface area contributed by atoms with Gasteiger partial charge in [0.05, 0.1) is 12.0 Å². The summed E-state index contributed by atoms with van der Waals surface area (Å²) in [6, 6.07) is 11.5. The van der Waals surface area contributed by atoms with Crippen molar-refractivity contribution >= 4 is 27.3 Å². The van der Waals surface area contributed by atoms with Crippen molar-refractivity contribution < 1.29 is 17.9 Å². The van der Waals surface area contributed by atoms with Crippen LogP contribution in [0.5, 0.6) is 5.75 Å². The van der Waals surface area contributed by atoms with Crippen LogP contribution in [-0.4, -0.2) is 28.0 Å². The lowest BCUT2D eigenvalue weighted by Crippen LogP contribution is -2.33. The third-order valence-electron chi connectivity index (χ3n) is 4.20. The van der Waals surface area contributed by atoms with Gasteiger partial charge in [-0.05, 0) is 60.9 Å². The van der Waals surface area contributed by atoms with E-state index in [0.717, 1.165) is 24.1 Å². The number of sulfonamides is 1. The Morgan fingerprint density at radius 1 is 1.16 bits per heavy atom. The van der Waals surface area contributed by atoms with Gasteiger partial charge in [0.15, 0.2) is 0 Å². The van der Waals surface area contributed by atoms with Crippen molar-refractivity contribution in [3.63, 3.8) is 0 Å². The average molecular weight is 360 g/mol. The molecular formula is C18H20N2O4S. The average Bonchev–Trinajstić information content (AvgIpc) is 2.60. The molecule has 2 aromatic carbocycles. The maximum atomic E-state index is 12.5. The fourth-order valence-corrected chi connectivity index (χ4v) is 4.01. The van der Waals surface area contributed by atoms with Crippen LogP contribution in [0.3, 0.4) is 0 Å². The number of benzene rings is 2. The molecule has 25 heavy (non-hydrogen) atoms. The van der Waals surface area contributed by atoms with E-state index in [2.05, 4.69) is 4.72 Å². The molecule has 1 N–H and O–H groups in total. The number of hydrogen-bond acceptors (Lipinski definition) is 4. The van der Waals surface area contributed by atoms with E-state index < -0.39 is 10.0 Å². The SMILES string of the molecule is COc1ccc(S(=O)(=O)Nc2ccc3c(c2)CCCN3C(C)=O)cc1. The minimum Gasteiger partial charge on any atom is -0.497 e. The van der Waals surface area contributed by atoms with E-state index in [1.54, 1.807) is 35.2 Å². The molecule has 0 spiro atoms. The second-order valence-corrected chi connectivity index (χ2v) is 7.58. The summed E-state index contributed by atoms with van der Waals surface area (Å²) in [5.74, 6) is 0.588. The normalized spacial score (nSPS) is 13.9. The molecule has 3 rings (SSSR count). The van der Waals surface area contributed by atoms with Crippen molar-refractivity contribution in [2.24, 2.45) is 0 Å². The number of nitrogens with one attached hydrogen (secondary N) is 1. The summed E-state index contributed by atoms with van der Waals surface area (Å²) in [4.78, 5) is 13.6. The Labute approximate surface area is 147 Å². The first kappa shape index (κ1) is 17.3. The van der Waals surface area contributed by atoms with Crippen LogP contribution >= 0.6 is 0 Å².